The molecule has 1 N–H and O–H groups in total. The van der Waals surface area contributed by atoms with Crippen LogP contribution in [0.5, 0.6) is 5.75 Å². The van der Waals surface area contributed by atoms with E-state index >= 15 is 0 Å². The van der Waals surface area contributed by atoms with E-state index in [1.807, 2.05) is 0 Å². The van der Waals surface area contributed by atoms with Crippen molar-refractivity contribution in [2.75, 3.05) is 5.75 Å². The molecule has 78 valence electrons. The highest BCUT2D eigenvalue weighted by atomic mass is 32.1. The van der Waals surface area contributed by atoms with Crippen molar-refractivity contribution < 1.29 is 9.90 Å². The van der Waals surface area contributed by atoms with Crippen molar-refractivity contribution in [1.82, 2.24) is 0 Å². The van der Waals surface area contributed by atoms with Crippen molar-refractivity contribution in [3.05, 3.63) is 29.3 Å². The van der Waals surface area contributed by atoms with Gasteiger partial charge in [0.05, 0.1) is 5.56 Å². The number of thiol groups is 1. The molecule has 3 heteroatoms. The molecule has 0 aliphatic rings. The molecular weight excluding hydrogens is 208 g/mol. The van der Waals surface area contributed by atoms with Gasteiger partial charge in [-0.3, -0.25) is 4.79 Å². The minimum atomic E-state index is -0.151. The lowest BCUT2D eigenvalue weighted by Gasteiger charge is -1.99. The van der Waals surface area contributed by atoms with Crippen LogP contribution in [0.4, 0.5) is 0 Å². The van der Waals surface area contributed by atoms with Gasteiger partial charge in [-0.05, 0) is 25.1 Å². The molecule has 2 nitrogen and oxygen atoms in total. The fourth-order valence-electron chi connectivity index (χ4n) is 1.13. The topological polar surface area (TPSA) is 37.3 Å². The second kappa shape index (κ2) is 5.47. The van der Waals surface area contributed by atoms with E-state index in [2.05, 4.69) is 24.5 Å². The van der Waals surface area contributed by atoms with Crippen molar-refractivity contribution in [2.45, 2.75) is 13.3 Å². The molecule has 1 rings (SSSR count). The molecule has 0 unspecified atom stereocenters. The maximum atomic E-state index is 11.0. The maximum absolute atomic E-state index is 11.0. The van der Waals surface area contributed by atoms with Crippen LogP contribution in [0, 0.1) is 11.8 Å². The molecule has 0 spiro atoms. The smallest absolute Gasteiger partial charge is 0.163 e. The summed E-state index contributed by atoms with van der Waals surface area (Å²) >= 11 is 4.03. The third-order valence-electron chi connectivity index (χ3n) is 1.85. The van der Waals surface area contributed by atoms with Crippen molar-refractivity contribution in [3.8, 4) is 17.6 Å². The number of phenols is 1. The summed E-state index contributed by atoms with van der Waals surface area (Å²) in [7, 11) is 0. The van der Waals surface area contributed by atoms with E-state index in [0.29, 0.717) is 23.3 Å². The molecular formula is C12H12O2S. The van der Waals surface area contributed by atoms with E-state index in [1.165, 1.54) is 13.0 Å². The van der Waals surface area contributed by atoms with Crippen LogP contribution in [0.3, 0.4) is 0 Å². The molecule has 0 atom stereocenters. The summed E-state index contributed by atoms with van der Waals surface area (Å²) in [6.45, 7) is 1.42. The number of hydrogen-bond donors (Lipinski definition) is 2. The number of Topliss-reactive ketones (excluding diaryl/α,β-unsaturated/α-hetero) is 1. The van der Waals surface area contributed by atoms with Gasteiger partial charge in [0, 0.05) is 17.7 Å². The summed E-state index contributed by atoms with van der Waals surface area (Å²) in [4.78, 5) is 11.0. The van der Waals surface area contributed by atoms with Crippen LogP contribution in [-0.2, 0) is 0 Å². The highest BCUT2D eigenvalue weighted by Crippen LogP contribution is 2.18. The summed E-state index contributed by atoms with van der Waals surface area (Å²) in [6, 6.07) is 4.81. The van der Waals surface area contributed by atoms with Crippen molar-refractivity contribution in [2.24, 2.45) is 0 Å². The van der Waals surface area contributed by atoms with Gasteiger partial charge in [0.2, 0.25) is 0 Å². The summed E-state index contributed by atoms with van der Waals surface area (Å²) in [5.41, 5.74) is 1.04. The largest absolute Gasteiger partial charge is 0.507 e. The van der Waals surface area contributed by atoms with Gasteiger partial charge >= 0.3 is 0 Å². The first-order valence-corrected chi connectivity index (χ1v) is 5.22. The van der Waals surface area contributed by atoms with E-state index in [4.69, 9.17) is 0 Å². The Bertz CT molecular complexity index is 427. The molecule has 1 aromatic carbocycles. The summed E-state index contributed by atoms with van der Waals surface area (Å²) in [5.74, 6) is 6.34. The highest BCUT2D eigenvalue weighted by Gasteiger charge is 2.05. The van der Waals surface area contributed by atoms with Gasteiger partial charge in [-0.1, -0.05) is 11.8 Å². The van der Waals surface area contributed by atoms with Crippen LogP contribution in [0.1, 0.15) is 29.3 Å². The first-order chi connectivity index (χ1) is 7.15. The van der Waals surface area contributed by atoms with Gasteiger partial charge in [-0.15, -0.1) is 0 Å². The van der Waals surface area contributed by atoms with Gasteiger partial charge < -0.3 is 5.11 Å². The number of carbonyl (C=O) groups excluding carboxylic acids is 1. The molecule has 0 aromatic heterocycles. The number of carbonyl (C=O) groups is 1. The average molecular weight is 220 g/mol. The molecule has 15 heavy (non-hydrogen) atoms. The molecule has 0 fully saturated rings. The standard InChI is InChI=1S/C12H12O2S/c1-9(13)11-6-5-10(8-12(11)14)4-2-3-7-15/h5-6,8,14-15H,3,7H2,1H3. The lowest BCUT2D eigenvalue weighted by Crippen LogP contribution is -1.92. The Hall–Kier alpha value is -1.40. The maximum Gasteiger partial charge on any atom is 0.163 e. The quantitative estimate of drug-likeness (QED) is 0.456. The molecule has 0 aliphatic heterocycles. The monoisotopic (exact) mass is 220 g/mol. The summed E-state index contributed by atoms with van der Waals surface area (Å²) in [5, 5.41) is 9.51. The normalized spacial score (nSPS) is 9.20. The fourth-order valence-corrected chi connectivity index (χ4v) is 1.24. The van der Waals surface area contributed by atoms with Gasteiger partial charge in [-0.25, -0.2) is 0 Å². The van der Waals surface area contributed by atoms with Gasteiger partial charge in [-0.2, -0.15) is 12.6 Å². The third kappa shape index (κ3) is 3.34. The van der Waals surface area contributed by atoms with Crippen molar-refractivity contribution in [3.63, 3.8) is 0 Å². The number of phenolic OH excluding ortho intramolecular Hbond substituents is 1. The molecule has 1 aromatic rings. The Morgan fingerprint density at radius 2 is 2.27 bits per heavy atom. The van der Waals surface area contributed by atoms with Crippen LogP contribution in [0.2, 0.25) is 0 Å². The number of aromatic hydroxyl groups is 1. The predicted octanol–water partition coefficient (Wildman–Crippen LogP) is 2.27. The van der Waals surface area contributed by atoms with Crippen LogP contribution >= 0.6 is 12.6 Å². The number of hydrogen-bond acceptors (Lipinski definition) is 3. The van der Waals surface area contributed by atoms with Crippen LogP contribution in [-0.4, -0.2) is 16.6 Å². The lowest BCUT2D eigenvalue weighted by atomic mass is 10.1. The van der Waals surface area contributed by atoms with Crippen LogP contribution in [0.25, 0.3) is 0 Å². The summed E-state index contributed by atoms with van der Waals surface area (Å²) in [6.07, 6.45) is 0.707. The van der Waals surface area contributed by atoms with Gasteiger partial charge in [0.25, 0.3) is 0 Å². The molecule has 0 saturated carbocycles. The highest BCUT2D eigenvalue weighted by molar-refractivity contribution is 7.80. The van der Waals surface area contributed by atoms with E-state index in [9.17, 15) is 9.90 Å². The zero-order valence-electron chi connectivity index (χ0n) is 8.45. The van der Waals surface area contributed by atoms with Crippen LogP contribution < -0.4 is 0 Å². The third-order valence-corrected chi connectivity index (χ3v) is 2.07. The predicted molar refractivity (Wildman–Crippen MR) is 63.5 cm³/mol. The molecule has 0 saturated heterocycles. The minimum absolute atomic E-state index is 0.0137. The zero-order chi connectivity index (χ0) is 11.3. The number of rotatable bonds is 2. The first-order valence-electron chi connectivity index (χ1n) is 4.59. The second-order valence-electron chi connectivity index (χ2n) is 3.06. The Labute approximate surface area is 94.7 Å². The Morgan fingerprint density at radius 3 is 2.80 bits per heavy atom. The van der Waals surface area contributed by atoms with Crippen molar-refractivity contribution in [1.29, 1.82) is 0 Å². The molecule has 0 amide bonds. The Kier molecular flexibility index (Phi) is 4.26. The van der Waals surface area contributed by atoms with E-state index < -0.39 is 0 Å². The van der Waals surface area contributed by atoms with E-state index in [-0.39, 0.29) is 11.5 Å². The van der Waals surface area contributed by atoms with E-state index in [0.717, 1.165) is 0 Å². The molecule has 0 heterocycles. The first kappa shape index (κ1) is 11.7. The summed E-state index contributed by atoms with van der Waals surface area (Å²) < 4.78 is 0. The minimum Gasteiger partial charge on any atom is -0.507 e. The number of ketones is 1. The molecule has 0 radical (unpaired) electrons. The van der Waals surface area contributed by atoms with Gasteiger partial charge in [0.1, 0.15) is 5.75 Å². The number of benzene rings is 1. The van der Waals surface area contributed by atoms with E-state index in [1.54, 1.807) is 12.1 Å². The molecule has 0 bridgehead atoms. The fraction of sp³-hybridized carbons (Fsp3) is 0.250. The van der Waals surface area contributed by atoms with Crippen molar-refractivity contribution >= 4 is 18.4 Å². The Morgan fingerprint density at radius 1 is 1.53 bits per heavy atom. The average Bonchev–Trinajstić information content (AvgIpc) is 2.17. The van der Waals surface area contributed by atoms with Gasteiger partial charge in [0.15, 0.2) is 5.78 Å². The zero-order valence-corrected chi connectivity index (χ0v) is 9.34. The molecule has 0 aliphatic carbocycles. The van der Waals surface area contributed by atoms with Crippen LogP contribution in [0.15, 0.2) is 18.2 Å². The second-order valence-corrected chi connectivity index (χ2v) is 3.51. The lowest BCUT2D eigenvalue weighted by molar-refractivity contribution is 0.101. The SMILES string of the molecule is CC(=O)c1ccc(C#CCCS)cc1O. The Balaban J connectivity index is 2.93.